The fourth-order valence-corrected chi connectivity index (χ4v) is 5.65. The predicted octanol–water partition coefficient (Wildman–Crippen LogP) is 3.18. The number of aromatic nitrogens is 2. The van der Waals surface area contributed by atoms with Gasteiger partial charge in [-0.05, 0) is 47.0 Å². The van der Waals surface area contributed by atoms with Crippen molar-refractivity contribution in [1.29, 1.82) is 0 Å². The molecule has 5 atom stereocenters. The van der Waals surface area contributed by atoms with Crippen molar-refractivity contribution in [2.75, 3.05) is 33.5 Å². The molecule has 0 aromatic carbocycles. The minimum absolute atomic E-state index is 0.0450. The summed E-state index contributed by atoms with van der Waals surface area (Å²) in [4.78, 5) is 76.4. The number of alkyl halides is 1. The number of carbonyl (C=O) groups is 4. The average molecular weight is 802 g/mol. The van der Waals surface area contributed by atoms with E-state index >= 15 is 4.39 Å². The Morgan fingerprint density at radius 2 is 1.57 bits per heavy atom. The molecule has 2 unspecified atom stereocenters. The molecule has 1 saturated heterocycles. The second-order valence-corrected chi connectivity index (χ2v) is 14.6. The summed E-state index contributed by atoms with van der Waals surface area (Å²) in [7, 11) is -5.11. The molecule has 3 N–H and O–H groups in total. The van der Waals surface area contributed by atoms with Crippen molar-refractivity contribution in [1.82, 2.24) is 14.9 Å². The zero-order valence-electron chi connectivity index (χ0n) is 31.2. The number of aliphatic hydroxyl groups is 1. The molecule has 0 radical (unpaired) electrons. The number of aromatic amines is 1. The second kappa shape index (κ2) is 20.6. The first-order chi connectivity index (χ1) is 25.2. The summed E-state index contributed by atoms with van der Waals surface area (Å²) in [5.74, 6) is -1.88. The van der Waals surface area contributed by atoms with Gasteiger partial charge in [0, 0.05) is 12.3 Å². The number of carbonyl (C=O) groups excluding carboxylic acids is 4. The predicted molar refractivity (Wildman–Crippen MR) is 180 cm³/mol. The van der Waals surface area contributed by atoms with Gasteiger partial charge in [-0.25, -0.2) is 42.0 Å². The highest BCUT2D eigenvalue weighted by molar-refractivity contribution is 7.48. The number of esters is 1. The van der Waals surface area contributed by atoms with Crippen LogP contribution in [0, 0.1) is 5.92 Å². The Hall–Kier alpha value is -4.08. The molecule has 0 spiro atoms. The van der Waals surface area contributed by atoms with Gasteiger partial charge in [-0.2, -0.15) is 0 Å². The lowest BCUT2D eigenvalue weighted by Crippen LogP contribution is -2.57. The number of hydrogen-bond acceptors (Lipinski definition) is 18. The molecule has 2 rings (SSSR count). The molecule has 0 bridgehead atoms. The Morgan fingerprint density at radius 1 is 1.00 bits per heavy atom. The van der Waals surface area contributed by atoms with E-state index in [1.54, 1.807) is 13.8 Å². The van der Waals surface area contributed by atoms with Crippen LogP contribution in [0.15, 0.2) is 21.9 Å². The summed E-state index contributed by atoms with van der Waals surface area (Å²) >= 11 is 0. The van der Waals surface area contributed by atoms with Gasteiger partial charge in [0.2, 0.25) is 13.6 Å². The highest BCUT2D eigenvalue weighted by atomic mass is 31.2. The number of H-pyrrole nitrogens is 1. The van der Waals surface area contributed by atoms with Gasteiger partial charge >= 0.3 is 37.9 Å². The van der Waals surface area contributed by atoms with Crippen molar-refractivity contribution >= 4 is 32.2 Å². The second-order valence-electron chi connectivity index (χ2n) is 12.9. The van der Waals surface area contributed by atoms with Crippen LogP contribution in [-0.2, 0) is 56.1 Å². The Kier molecular flexibility index (Phi) is 17.5. The minimum atomic E-state index is -5.11. The number of rotatable bonds is 20. The number of phosphoric ester groups is 1. The standard InChI is InChI=1S/C31H49FN3O18P/c1-9-10-13-44-27(39)34-22(18(2)3)23(37)52-24-30(8,42)25(35-12-11-21(36)33-26(35)38)53-31(24,14-32)15-47-54(43,48-16-45-28(40)50-19(4)5)49-17-46-29(41)51-20(6)7/h11-12,18-20,22,24-25,42H,9-10,13-17H2,1-8H3,(H,34,39)(H,33,36,38)/t22?,24-,25?,30+,31+/m0/s1. The highest BCUT2D eigenvalue weighted by Crippen LogP contribution is 2.53. The van der Waals surface area contributed by atoms with Crippen molar-refractivity contribution in [2.45, 2.75) is 110 Å². The van der Waals surface area contributed by atoms with Crippen molar-refractivity contribution in [2.24, 2.45) is 5.92 Å². The lowest BCUT2D eigenvalue weighted by molar-refractivity contribution is -0.178. The van der Waals surface area contributed by atoms with Crippen LogP contribution in [0.2, 0.25) is 0 Å². The van der Waals surface area contributed by atoms with Gasteiger partial charge < -0.3 is 43.6 Å². The first kappa shape index (κ1) is 46.1. The van der Waals surface area contributed by atoms with Gasteiger partial charge in [0.1, 0.15) is 18.3 Å². The third kappa shape index (κ3) is 13.3. The molecule has 308 valence electrons. The zero-order valence-corrected chi connectivity index (χ0v) is 32.1. The van der Waals surface area contributed by atoms with Crippen molar-refractivity contribution in [3.63, 3.8) is 0 Å². The van der Waals surface area contributed by atoms with E-state index in [0.717, 1.165) is 19.2 Å². The van der Waals surface area contributed by atoms with Crippen molar-refractivity contribution in [3.8, 4) is 0 Å². The van der Waals surface area contributed by atoms with Crippen LogP contribution in [0.3, 0.4) is 0 Å². The summed E-state index contributed by atoms with van der Waals surface area (Å²) in [5, 5.41) is 14.2. The zero-order chi connectivity index (χ0) is 40.9. The molecule has 2 heterocycles. The van der Waals surface area contributed by atoms with Gasteiger partial charge in [-0.15, -0.1) is 0 Å². The monoisotopic (exact) mass is 801 g/mol. The SMILES string of the molecule is CCCCOC(=O)NC(C(=O)O[C@@H]1[C@@](CF)(COP(=O)(OCOC(=O)OC(C)C)OCOC(=O)OC(C)C)OC(n2ccc(=O)[nH]c2=O)[C@]1(C)O)C(C)C. The van der Waals surface area contributed by atoms with E-state index < -0.39 is 118 Å². The molecule has 1 aliphatic heterocycles. The Bertz CT molecular complexity index is 1550. The fraction of sp³-hybridized carbons (Fsp3) is 0.742. The molecule has 1 aromatic rings. The first-order valence-corrected chi connectivity index (χ1v) is 18.3. The van der Waals surface area contributed by atoms with Gasteiger partial charge in [-0.3, -0.25) is 18.9 Å². The van der Waals surface area contributed by atoms with E-state index in [1.165, 1.54) is 27.7 Å². The molecule has 1 amide bonds. The Labute approximate surface area is 309 Å². The molecule has 0 saturated carbocycles. The number of unbranched alkanes of at least 4 members (excludes halogenated alkanes) is 1. The molecule has 1 aromatic heterocycles. The van der Waals surface area contributed by atoms with Crippen LogP contribution < -0.4 is 16.6 Å². The van der Waals surface area contributed by atoms with Crippen LogP contribution in [0.1, 0.15) is 74.5 Å². The topological polar surface area (TPSA) is 265 Å². The fourth-order valence-electron chi connectivity index (χ4n) is 4.69. The number of alkyl carbamates (subject to hydrolysis) is 1. The number of nitrogens with one attached hydrogen (secondary N) is 2. The highest BCUT2D eigenvalue weighted by Gasteiger charge is 2.66. The van der Waals surface area contributed by atoms with E-state index in [2.05, 4.69) is 5.32 Å². The number of ether oxygens (including phenoxy) is 7. The summed E-state index contributed by atoms with van der Waals surface area (Å²) in [5.41, 5.74) is -7.17. The molecule has 21 nitrogen and oxygen atoms in total. The number of halogens is 1. The van der Waals surface area contributed by atoms with Gasteiger partial charge in [-0.1, -0.05) is 27.2 Å². The van der Waals surface area contributed by atoms with E-state index in [1.807, 2.05) is 11.9 Å². The maximum atomic E-state index is 15.4. The summed E-state index contributed by atoms with van der Waals surface area (Å²) in [6, 6.07) is -0.549. The number of hydrogen-bond donors (Lipinski definition) is 3. The van der Waals surface area contributed by atoms with E-state index in [-0.39, 0.29) is 6.61 Å². The largest absolute Gasteiger partial charge is 0.510 e. The first-order valence-electron chi connectivity index (χ1n) is 16.8. The lowest BCUT2D eigenvalue weighted by Gasteiger charge is -2.36. The van der Waals surface area contributed by atoms with E-state index in [0.29, 0.717) is 17.4 Å². The summed E-state index contributed by atoms with van der Waals surface area (Å²) < 4.78 is 80.8. The van der Waals surface area contributed by atoms with E-state index in [4.69, 9.17) is 46.7 Å². The number of phosphoric acid groups is 1. The van der Waals surface area contributed by atoms with Crippen LogP contribution in [-0.4, -0.2) is 108 Å². The van der Waals surface area contributed by atoms with Gasteiger partial charge in [0.25, 0.3) is 5.56 Å². The third-order valence-electron chi connectivity index (χ3n) is 7.25. The molecule has 1 fully saturated rings. The van der Waals surface area contributed by atoms with Crippen LogP contribution in [0.4, 0.5) is 18.8 Å². The maximum Gasteiger partial charge on any atom is 0.510 e. The van der Waals surface area contributed by atoms with Crippen molar-refractivity contribution < 1.29 is 80.0 Å². The smallest absolute Gasteiger partial charge is 0.454 e. The molecule has 0 aliphatic carbocycles. The van der Waals surface area contributed by atoms with Crippen LogP contribution >= 0.6 is 7.82 Å². The normalized spacial score (nSPS) is 21.8. The van der Waals surface area contributed by atoms with Gasteiger partial charge in [0.15, 0.2) is 17.9 Å². The summed E-state index contributed by atoms with van der Waals surface area (Å²) in [6.45, 7) is 6.79. The molecular weight excluding hydrogens is 752 g/mol. The third-order valence-corrected chi connectivity index (χ3v) is 8.54. The molecule has 54 heavy (non-hydrogen) atoms. The minimum Gasteiger partial charge on any atom is -0.454 e. The van der Waals surface area contributed by atoms with Crippen molar-refractivity contribution in [3.05, 3.63) is 33.1 Å². The average Bonchev–Trinajstić information content (AvgIpc) is 3.27. The lowest BCUT2D eigenvalue weighted by atomic mass is 9.88. The summed E-state index contributed by atoms with van der Waals surface area (Å²) in [6.07, 6.45) is -6.62. The maximum absolute atomic E-state index is 15.4. The van der Waals surface area contributed by atoms with Crippen LogP contribution in [0.5, 0.6) is 0 Å². The van der Waals surface area contributed by atoms with E-state index in [9.17, 15) is 38.4 Å². The van der Waals surface area contributed by atoms with Crippen LogP contribution in [0.25, 0.3) is 0 Å². The van der Waals surface area contributed by atoms with Gasteiger partial charge in [0.05, 0.1) is 25.4 Å². The number of nitrogens with zero attached hydrogens (tertiary/aromatic N) is 1. The Balaban J connectivity index is 2.52. The Morgan fingerprint density at radius 3 is 2.06 bits per heavy atom. The quantitative estimate of drug-likeness (QED) is 0.0562. The molecule has 1 aliphatic rings. The number of amides is 1. The molecule has 23 heteroatoms. The molecular formula is C31H49FN3O18P.